The van der Waals surface area contributed by atoms with E-state index in [9.17, 15) is 9.59 Å². The van der Waals surface area contributed by atoms with E-state index in [-0.39, 0.29) is 6.10 Å². The quantitative estimate of drug-likeness (QED) is 0.527. The van der Waals surface area contributed by atoms with Crippen molar-refractivity contribution in [3.63, 3.8) is 0 Å². The summed E-state index contributed by atoms with van der Waals surface area (Å²) in [5, 5.41) is 4.45. The molecule has 0 radical (unpaired) electrons. The number of ether oxygens (including phenoxy) is 2. The molecule has 0 bridgehead atoms. The molecule has 3 aromatic rings. The Hall–Kier alpha value is -2.39. The van der Waals surface area contributed by atoms with Gasteiger partial charge in [-0.05, 0) is 63.9 Å². The molecule has 0 aliphatic carbocycles. The van der Waals surface area contributed by atoms with E-state index in [1.807, 2.05) is 13.8 Å². The van der Waals surface area contributed by atoms with Gasteiger partial charge in [-0.15, -0.1) is 4.68 Å². The van der Waals surface area contributed by atoms with Gasteiger partial charge in [0.05, 0.1) is 34.8 Å². The molecule has 0 amide bonds. The van der Waals surface area contributed by atoms with Gasteiger partial charge in [0.2, 0.25) is 0 Å². The molecular weight excluding hydrogens is 494 g/mol. The van der Waals surface area contributed by atoms with E-state index >= 15 is 0 Å². The number of rotatable bonds is 5. The fourth-order valence-corrected chi connectivity index (χ4v) is 3.49. The molecule has 28 heavy (non-hydrogen) atoms. The van der Waals surface area contributed by atoms with Crippen molar-refractivity contribution < 1.29 is 9.47 Å². The van der Waals surface area contributed by atoms with Crippen molar-refractivity contribution in [2.75, 3.05) is 7.11 Å². The molecule has 1 N–H and O–H groups in total. The molecule has 0 spiro atoms. The van der Waals surface area contributed by atoms with Crippen LogP contribution >= 0.6 is 31.9 Å². The zero-order valence-electron chi connectivity index (χ0n) is 15.3. The van der Waals surface area contributed by atoms with Crippen molar-refractivity contribution in [2.45, 2.75) is 20.0 Å². The lowest BCUT2D eigenvalue weighted by molar-refractivity contribution is 0.228. The molecule has 0 atom stereocenters. The summed E-state index contributed by atoms with van der Waals surface area (Å²) in [6.45, 7) is 3.82. The second-order valence-corrected chi connectivity index (χ2v) is 7.72. The first-order chi connectivity index (χ1) is 13.3. The number of methoxy groups -OCH3 is 1. The van der Waals surface area contributed by atoms with E-state index in [4.69, 9.17) is 9.47 Å². The molecule has 146 valence electrons. The Morgan fingerprint density at radius 3 is 2.57 bits per heavy atom. The highest BCUT2D eigenvalue weighted by atomic mass is 79.9. The Bertz CT molecular complexity index is 1180. The highest BCUT2D eigenvalue weighted by Crippen LogP contribution is 2.42. The maximum Gasteiger partial charge on any atom is 0.349 e. The molecule has 7 nitrogen and oxygen atoms in total. The van der Waals surface area contributed by atoms with Gasteiger partial charge in [-0.25, -0.2) is 4.79 Å². The summed E-state index contributed by atoms with van der Waals surface area (Å²) in [6, 6.07) is 8.47. The summed E-state index contributed by atoms with van der Waals surface area (Å²) in [5.41, 5.74) is -0.0663. The zero-order valence-corrected chi connectivity index (χ0v) is 18.5. The molecular formula is C19H17Br2N3O4. The lowest BCUT2D eigenvalue weighted by Crippen LogP contribution is -2.32. The summed E-state index contributed by atoms with van der Waals surface area (Å²) in [5.74, 6) is 1.03. The zero-order chi connectivity index (χ0) is 20.4. The number of nitrogens with zero attached hydrogens (tertiary/aromatic N) is 2. The number of para-hydroxylation sites is 1. The van der Waals surface area contributed by atoms with Crippen molar-refractivity contribution in [2.24, 2.45) is 5.10 Å². The summed E-state index contributed by atoms with van der Waals surface area (Å²) < 4.78 is 13.3. The highest BCUT2D eigenvalue weighted by Gasteiger charge is 2.17. The average molecular weight is 511 g/mol. The Kier molecular flexibility index (Phi) is 6.04. The highest BCUT2D eigenvalue weighted by molar-refractivity contribution is 9.13. The van der Waals surface area contributed by atoms with E-state index in [0.29, 0.717) is 36.9 Å². The van der Waals surface area contributed by atoms with Crippen molar-refractivity contribution in [1.82, 2.24) is 9.66 Å². The molecule has 2 aromatic carbocycles. The van der Waals surface area contributed by atoms with Gasteiger partial charge in [-0.2, -0.15) is 5.10 Å². The predicted octanol–water partition coefficient (Wildman–Crippen LogP) is 3.89. The van der Waals surface area contributed by atoms with Crippen LogP contribution in [0.1, 0.15) is 19.4 Å². The number of nitrogens with one attached hydrogen (secondary N) is 1. The third-order valence-corrected chi connectivity index (χ3v) is 5.97. The van der Waals surface area contributed by atoms with Gasteiger partial charge in [0.1, 0.15) is 0 Å². The van der Waals surface area contributed by atoms with E-state index < -0.39 is 11.2 Å². The minimum atomic E-state index is -0.623. The number of fused-ring (bicyclic) bond motifs is 1. The second-order valence-electron chi connectivity index (χ2n) is 6.13. The van der Waals surface area contributed by atoms with E-state index in [1.54, 1.807) is 30.3 Å². The normalized spacial score (nSPS) is 11.5. The fraction of sp³-hybridized carbons (Fsp3) is 0.211. The summed E-state index contributed by atoms with van der Waals surface area (Å²) in [6.07, 6.45) is 1.36. The van der Waals surface area contributed by atoms with Gasteiger partial charge in [0.15, 0.2) is 11.5 Å². The minimum Gasteiger partial charge on any atom is -0.493 e. The van der Waals surface area contributed by atoms with E-state index in [0.717, 1.165) is 4.68 Å². The SMILES string of the molecule is COc1cc(C=Nn2c(=O)[nH]c3ccccc3c2=O)c(Br)c(Br)c1OC(C)C. The summed E-state index contributed by atoms with van der Waals surface area (Å²) >= 11 is 6.98. The Morgan fingerprint density at radius 1 is 1.18 bits per heavy atom. The predicted molar refractivity (Wildman–Crippen MR) is 116 cm³/mol. The van der Waals surface area contributed by atoms with Crippen molar-refractivity contribution in [3.05, 3.63) is 65.7 Å². The van der Waals surface area contributed by atoms with Crippen LogP contribution in [0.5, 0.6) is 11.5 Å². The van der Waals surface area contributed by atoms with Gasteiger partial charge in [-0.1, -0.05) is 12.1 Å². The van der Waals surface area contributed by atoms with E-state index in [1.165, 1.54) is 13.3 Å². The first kappa shape index (κ1) is 20.3. The number of halogens is 2. The lowest BCUT2D eigenvalue weighted by atomic mass is 10.2. The van der Waals surface area contributed by atoms with Crippen LogP contribution in [0.25, 0.3) is 10.9 Å². The smallest absolute Gasteiger partial charge is 0.349 e. The van der Waals surface area contributed by atoms with Gasteiger partial charge in [0.25, 0.3) is 5.56 Å². The molecule has 0 aliphatic rings. The van der Waals surface area contributed by atoms with Crippen LogP contribution in [0.3, 0.4) is 0 Å². The number of aromatic amines is 1. The van der Waals surface area contributed by atoms with Crippen LogP contribution in [0.2, 0.25) is 0 Å². The van der Waals surface area contributed by atoms with Crippen LogP contribution in [0.4, 0.5) is 0 Å². The van der Waals surface area contributed by atoms with E-state index in [2.05, 4.69) is 41.9 Å². The molecule has 0 saturated carbocycles. The van der Waals surface area contributed by atoms with Gasteiger partial charge in [-0.3, -0.25) is 4.79 Å². The topological polar surface area (TPSA) is 85.7 Å². The first-order valence-corrected chi connectivity index (χ1v) is 9.93. The Morgan fingerprint density at radius 2 is 1.89 bits per heavy atom. The van der Waals surface area contributed by atoms with Crippen LogP contribution in [-0.4, -0.2) is 29.1 Å². The van der Waals surface area contributed by atoms with Crippen LogP contribution in [0, 0.1) is 0 Å². The first-order valence-electron chi connectivity index (χ1n) is 8.34. The fourth-order valence-electron chi connectivity index (χ4n) is 2.57. The second kappa shape index (κ2) is 8.32. The third-order valence-electron chi connectivity index (χ3n) is 3.83. The number of aromatic nitrogens is 2. The van der Waals surface area contributed by atoms with Crippen molar-refractivity contribution >= 4 is 49.0 Å². The lowest BCUT2D eigenvalue weighted by Gasteiger charge is -2.17. The van der Waals surface area contributed by atoms with Gasteiger partial charge in [0, 0.05) is 10.0 Å². The molecule has 0 fully saturated rings. The molecule has 1 heterocycles. The van der Waals surface area contributed by atoms with Crippen LogP contribution in [-0.2, 0) is 0 Å². The molecule has 9 heteroatoms. The van der Waals surface area contributed by atoms with Crippen LogP contribution < -0.4 is 20.7 Å². The van der Waals surface area contributed by atoms with Crippen LogP contribution in [0.15, 0.2) is 54.0 Å². The van der Waals surface area contributed by atoms with Gasteiger partial charge < -0.3 is 14.5 Å². The molecule has 0 aliphatic heterocycles. The number of hydrogen-bond donors (Lipinski definition) is 1. The Balaban J connectivity index is 2.11. The Labute approximate surface area is 177 Å². The maximum absolute atomic E-state index is 12.6. The average Bonchev–Trinajstić information content (AvgIpc) is 2.66. The molecule has 3 rings (SSSR count). The molecule has 1 aromatic heterocycles. The largest absolute Gasteiger partial charge is 0.493 e. The van der Waals surface area contributed by atoms with Gasteiger partial charge >= 0.3 is 5.69 Å². The number of benzene rings is 2. The van der Waals surface area contributed by atoms with Crippen molar-refractivity contribution in [3.8, 4) is 11.5 Å². The summed E-state index contributed by atoms with van der Waals surface area (Å²) in [7, 11) is 1.53. The number of H-pyrrole nitrogens is 1. The maximum atomic E-state index is 12.6. The number of hydrogen-bond acceptors (Lipinski definition) is 5. The minimum absolute atomic E-state index is 0.0497. The standard InChI is InChI=1S/C19H17Br2N3O4/c1-10(2)28-17-14(27-3)8-11(15(20)16(17)21)9-22-24-18(25)12-6-4-5-7-13(12)23-19(24)26/h4-10H,1-3H3,(H,23,26). The van der Waals surface area contributed by atoms with Crippen molar-refractivity contribution in [1.29, 1.82) is 0 Å². The summed E-state index contributed by atoms with van der Waals surface area (Å²) in [4.78, 5) is 27.5. The molecule has 0 saturated heterocycles. The third kappa shape index (κ3) is 3.90. The molecule has 0 unspecified atom stereocenters. The monoisotopic (exact) mass is 509 g/mol.